The molecule has 1 aliphatic rings. The maximum Gasteiger partial charge on any atom is 0.119 e. The lowest BCUT2D eigenvalue weighted by atomic mass is 9.93. The zero-order chi connectivity index (χ0) is 12.6. The van der Waals surface area contributed by atoms with Crippen LogP contribution >= 0.6 is 0 Å². The molecule has 1 saturated carbocycles. The second kappa shape index (κ2) is 7.39. The molecule has 1 aliphatic carbocycles. The van der Waals surface area contributed by atoms with Gasteiger partial charge in [-0.3, -0.25) is 0 Å². The Morgan fingerprint density at radius 3 is 2.83 bits per heavy atom. The summed E-state index contributed by atoms with van der Waals surface area (Å²) in [7, 11) is 1.81. The predicted molar refractivity (Wildman–Crippen MR) is 73.0 cm³/mol. The Bertz CT molecular complexity index is 329. The highest BCUT2D eigenvalue weighted by molar-refractivity contribution is 5.20. The van der Waals surface area contributed by atoms with E-state index in [2.05, 4.69) is 5.32 Å². The fourth-order valence-corrected chi connectivity index (χ4v) is 2.49. The molecule has 0 aliphatic heterocycles. The molecule has 1 N–H and O–H groups in total. The van der Waals surface area contributed by atoms with Gasteiger partial charge in [0.05, 0.1) is 6.10 Å². The summed E-state index contributed by atoms with van der Waals surface area (Å²) in [4.78, 5) is 0. The number of hydrogen-bond donors (Lipinski definition) is 1. The smallest absolute Gasteiger partial charge is 0.119 e. The van der Waals surface area contributed by atoms with Gasteiger partial charge in [0.15, 0.2) is 0 Å². The van der Waals surface area contributed by atoms with Gasteiger partial charge in [-0.2, -0.15) is 0 Å². The summed E-state index contributed by atoms with van der Waals surface area (Å²) >= 11 is 0. The van der Waals surface area contributed by atoms with Crippen LogP contribution in [-0.2, 0) is 4.74 Å². The maximum absolute atomic E-state index is 5.66. The van der Waals surface area contributed by atoms with Crippen molar-refractivity contribution >= 4 is 0 Å². The average Bonchev–Trinajstić information content (AvgIpc) is 2.45. The monoisotopic (exact) mass is 249 g/mol. The Labute approximate surface area is 109 Å². The molecule has 0 aromatic heterocycles. The molecule has 1 aromatic carbocycles. The summed E-state index contributed by atoms with van der Waals surface area (Å²) in [5.74, 6) is 0.942. The SMILES string of the molecule is COC1CCCC(NCCOc2ccccc2)C1. The highest BCUT2D eigenvalue weighted by Crippen LogP contribution is 2.20. The third-order valence-corrected chi connectivity index (χ3v) is 3.51. The number of methoxy groups -OCH3 is 1. The van der Waals surface area contributed by atoms with Crippen molar-refractivity contribution in [1.29, 1.82) is 0 Å². The van der Waals surface area contributed by atoms with Gasteiger partial charge in [0.25, 0.3) is 0 Å². The molecule has 0 bridgehead atoms. The van der Waals surface area contributed by atoms with E-state index in [4.69, 9.17) is 9.47 Å². The molecule has 0 spiro atoms. The molecule has 1 aromatic rings. The Balaban J connectivity index is 1.60. The first-order chi connectivity index (χ1) is 8.88. The van der Waals surface area contributed by atoms with E-state index in [-0.39, 0.29) is 0 Å². The quantitative estimate of drug-likeness (QED) is 0.786. The number of benzene rings is 1. The Hall–Kier alpha value is -1.06. The molecule has 2 unspecified atom stereocenters. The van der Waals surface area contributed by atoms with Gasteiger partial charge >= 0.3 is 0 Å². The molecule has 100 valence electrons. The molecule has 2 rings (SSSR count). The molecule has 18 heavy (non-hydrogen) atoms. The second-order valence-corrected chi connectivity index (χ2v) is 4.84. The molecule has 0 heterocycles. The van der Waals surface area contributed by atoms with Crippen LogP contribution in [0.5, 0.6) is 5.75 Å². The van der Waals surface area contributed by atoms with Crippen molar-refractivity contribution in [2.75, 3.05) is 20.3 Å². The van der Waals surface area contributed by atoms with Gasteiger partial charge in [-0.1, -0.05) is 18.2 Å². The fourth-order valence-electron chi connectivity index (χ4n) is 2.49. The molecule has 1 fully saturated rings. The molecule has 0 amide bonds. The van der Waals surface area contributed by atoms with Crippen LogP contribution < -0.4 is 10.1 Å². The van der Waals surface area contributed by atoms with Crippen molar-refractivity contribution in [3.05, 3.63) is 30.3 Å². The molecule has 0 saturated heterocycles. The van der Waals surface area contributed by atoms with Crippen LogP contribution in [0.25, 0.3) is 0 Å². The minimum atomic E-state index is 0.436. The number of ether oxygens (including phenoxy) is 2. The van der Waals surface area contributed by atoms with E-state index < -0.39 is 0 Å². The van der Waals surface area contributed by atoms with Crippen LogP contribution in [0.1, 0.15) is 25.7 Å². The zero-order valence-corrected chi connectivity index (χ0v) is 11.1. The van der Waals surface area contributed by atoms with E-state index >= 15 is 0 Å². The third kappa shape index (κ3) is 4.31. The lowest BCUT2D eigenvalue weighted by Gasteiger charge is -2.28. The lowest BCUT2D eigenvalue weighted by Crippen LogP contribution is -2.38. The van der Waals surface area contributed by atoms with Crippen LogP contribution in [0.3, 0.4) is 0 Å². The summed E-state index contributed by atoms with van der Waals surface area (Å²) in [5, 5.41) is 3.55. The number of nitrogens with one attached hydrogen (secondary N) is 1. The highest BCUT2D eigenvalue weighted by atomic mass is 16.5. The third-order valence-electron chi connectivity index (χ3n) is 3.51. The van der Waals surface area contributed by atoms with Gasteiger partial charge in [-0.05, 0) is 37.8 Å². The molecule has 0 radical (unpaired) electrons. The fraction of sp³-hybridized carbons (Fsp3) is 0.600. The van der Waals surface area contributed by atoms with Crippen molar-refractivity contribution in [3.63, 3.8) is 0 Å². The lowest BCUT2D eigenvalue weighted by molar-refractivity contribution is 0.0583. The second-order valence-electron chi connectivity index (χ2n) is 4.84. The molecule has 2 atom stereocenters. The standard InChI is InChI=1S/C15H23NO2/c1-17-15-9-5-6-13(12-15)16-10-11-18-14-7-3-2-4-8-14/h2-4,7-8,13,15-16H,5-6,9-12H2,1H3. The van der Waals surface area contributed by atoms with Crippen molar-refractivity contribution in [3.8, 4) is 5.75 Å². The molecule has 3 nitrogen and oxygen atoms in total. The maximum atomic E-state index is 5.66. The van der Waals surface area contributed by atoms with Gasteiger partial charge in [-0.15, -0.1) is 0 Å². The number of rotatable bonds is 6. The summed E-state index contributed by atoms with van der Waals surface area (Å²) < 4.78 is 11.1. The Morgan fingerprint density at radius 1 is 1.22 bits per heavy atom. The van der Waals surface area contributed by atoms with E-state index in [1.54, 1.807) is 0 Å². The average molecular weight is 249 g/mol. The molecular formula is C15H23NO2. The van der Waals surface area contributed by atoms with Crippen molar-refractivity contribution in [1.82, 2.24) is 5.32 Å². The Morgan fingerprint density at radius 2 is 2.06 bits per heavy atom. The van der Waals surface area contributed by atoms with Crippen molar-refractivity contribution < 1.29 is 9.47 Å². The topological polar surface area (TPSA) is 30.5 Å². The summed E-state index contributed by atoms with van der Waals surface area (Å²) in [6.07, 6.45) is 5.28. The minimum absolute atomic E-state index is 0.436. The number of hydrogen-bond acceptors (Lipinski definition) is 3. The normalized spacial score (nSPS) is 23.8. The number of para-hydroxylation sites is 1. The van der Waals surface area contributed by atoms with Crippen molar-refractivity contribution in [2.45, 2.75) is 37.8 Å². The van der Waals surface area contributed by atoms with Gasteiger partial charge in [0, 0.05) is 19.7 Å². The Kier molecular flexibility index (Phi) is 5.49. The van der Waals surface area contributed by atoms with E-state index in [9.17, 15) is 0 Å². The van der Waals surface area contributed by atoms with Crippen LogP contribution in [0.15, 0.2) is 30.3 Å². The highest BCUT2D eigenvalue weighted by Gasteiger charge is 2.20. The summed E-state index contributed by atoms with van der Waals surface area (Å²) in [6, 6.07) is 10.5. The summed E-state index contributed by atoms with van der Waals surface area (Å²) in [6.45, 7) is 1.62. The van der Waals surface area contributed by atoms with Crippen LogP contribution in [0.2, 0.25) is 0 Å². The van der Waals surface area contributed by atoms with Gasteiger partial charge < -0.3 is 14.8 Å². The van der Waals surface area contributed by atoms with E-state index in [1.165, 1.54) is 19.3 Å². The van der Waals surface area contributed by atoms with Crippen LogP contribution in [0, 0.1) is 0 Å². The van der Waals surface area contributed by atoms with E-state index in [0.717, 1.165) is 25.3 Å². The predicted octanol–water partition coefficient (Wildman–Crippen LogP) is 2.61. The first kappa shape index (κ1) is 13.4. The minimum Gasteiger partial charge on any atom is -0.492 e. The van der Waals surface area contributed by atoms with Crippen LogP contribution in [0.4, 0.5) is 0 Å². The van der Waals surface area contributed by atoms with E-state index in [0.29, 0.717) is 12.1 Å². The van der Waals surface area contributed by atoms with Crippen LogP contribution in [-0.4, -0.2) is 32.4 Å². The van der Waals surface area contributed by atoms with Crippen molar-refractivity contribution in [2.24, 2.45) is 0 Å². The first-order valence-corrected chi connectivity index (χ1v) is 6.82. The van der Waals surface area contributed by atoms with Gasteiger partial charge in [0.1, 0.15) is 12.4 Å². The van der Waals surface area contributed by atoms with E-state index in [1.807, 2.05) is 37.4 Å². The zero-order valence-electron chi connectivity index (χ0n) is 11.1. The molecule has 3 heteroatoms. The molecular weight excluding hydrogens is 226 g/mol. The summed E-state index contributed by atoms with van der Waals surface area (Å²) in [5.41, 5.74) is 0. The largest absolute Gasteiger partial charge is 0.492 e. The first-order valence-electron chi connectivity index (χ1n) is 6.82. The van der Waals surface area contributed by atoms with Gasteiger partial charge in [0.2, 0.25) is 0 Å². The van der Waals surface area contributed by atoms with Gasteiger partial charge in [-0.25, -0.2) is 0 Å².